The highest BCUT2D eigenvalue weighted by molar-refractivity contribution is 7.92. The maximum atomic E-state index is 13.0. The summed E-state index contributed by atoms with van der Waals surface area (Å²) in [7, 11) is -2.04. The van der Waals surface area contributed by atoms with E-state index in [1.54, 1.807) is 36.2 Å². The van der Waals surface area contributed by atoms with Crippen molar-refractivity contribution in [1.82, 2.24) is 4.90 Å². The Morgan fingerprint density at radius 1 is 1.07 bits per heavy atom. The van der Waals surface area contributed by atoms with E-state index in [0.29, 0.717) is 23.0 Å². The first-order valence-corrected chi connectivity index (χ1v) is 11.4. The first-order valence-electron chi connectivity index (χ1n) is 9.50. The van der Waals surface area contributed by atoms with Crippen molar-refractivity contribution in [3.8, 4) is 0 Å². The molecule has 1 fully saturated rings. The van der Waals surface area contributed by atoms with Crippen molar-refractivity contribution in [2.45, 2.75) is 37.0 Å². The molecule has 150 valence electrons. The first-order chi connectivity index (χ1) is 13.4. The Morgan fingerprint density at radius 3 is 2.39 bits per heavy atom. The number of benzene rings is 2. The van der Waals surface area contributed by atoms with Crippen LogP contribution in [-0.2, 0) is 10.0 Å². The van der Waals surface area contributed by atoms with Gasteiger partial charge in [-0.1, -0.05) is 43.0 Å². The van der Waals surface area contributed by atoms with Crippen molar-refractivity contribution in [1.29, 1.82) is 0 Å². The molecule has 7 heteroatoms. The standard InChI is InChI=1S/C21H25ClN2O3S/c1-24(15-16-7-3-2-4-8-16)21(25)19-9-5-6-10-20(19)23-28(26,27)18-13-11-17(22)12-14-18/h5-6,9-14,16,23H,2-4,7-8,15H2,1H3. The van der Waals surface area contributed by atoms with E-state index >= 15 is 0 Å². The second kappa shape index (κ2) is 8.97. The third kappa shape index (κ3) is 5.06. The van der Waals surface area contributed by atoms with Gasteiger partial charge in [0.1, 0.15) is 0 Å². The number of hydrogen-bond donors (Lipinski definition) is 1. The second-order valence-corrected chi connectivity index (χ2v) is 9.41. The minimum Gasteiger partial charge on any atom is -0.341 e. The molecule has 1 amide bonds. The summed E-state index contributed by atoms with van der Waals surface area (Å²) < 4.78 is 27.9. The van der Waals surface area contributed by atoms with E-state index in [2.05, 4.69) is 4.72 Å². The van der Waals surface area contributed by atoms with E-state index in [1.165, 1.54) is 43.5 Å². The lowest BCUT2D eigenvalue weighted by atomic mass is 9.89. The highest BCUT2D eigenvalue weighted by Crippen LogP contribution is 2.26. The quantitative estimate of drug-likeness (QED) is 0.730. The maximum Gasteiger partial charge on any atom is 0.261 e. The summed E-state index contributed by atoms with van der Waals surface area (Å²) >= 11 is 5.84. The average molecular weight is 421 g/mol. The molecule has 0 aliphatic heterocycles. The molecule has 1 aliphatic rings. The van der Waals surface area contributed by atoms with Gasteiger partial charge < -0.3 is 4.90 Å². The van der Waals surface area contributed by atoms with Crippen molar-refractivity contribution in [2.75, 3.05) is 18.3 Å². The zero-order chi connectivity index (χ0) is 20.1. The van der Waals surface area contributed by atoms with E-state index in [4.69, 9.17) is 11.6 Å². The monoisotopic (exact) mass is 420 g/mol. The fourth-order valence-corrected chi connectivity index (χ4v) is 4.83. The number of nitrogens with one attached hydrogen (secondary N) is 1. The number of amides is 1. The fourth-order valence-electron chi connectivity index (χ4n) is 3.62. The summed E-state index contributed by atoms with van der Waals surface area (Å²) in [5.41, 5.74) is 0.622. The summed E-state index contributed by atoms with van der Waals surface area (Å²) in [5.74, 6) is 0.334. The molecule has 1 saturated carbocycles. The highest BCUT2D eigenvalue weighted by atomic mass is 35.5. The number of hydrogen-bond acceptors (Lipinski definition) is 3. The van der Waals surface area contributed by atoms with Crippen LogP contribution in [0.4, 0.5) is 5.69 Å². The molecule has 2 aromatic carbocycles. The zero-order valence-electron chi connectivity index (χ0n) is 15.9. The molecule has 0 atom stereocenters. The van der Waals surface area contributed by atoms with Crippen LogP contribution in [0.25, 0.3) is 0 Å². The van der Waals surface area contributed by atoms with Gasteiger partial charge in [-0.25, -0.2) is 8.42 Å². The molecule has 5 nitrogen and oxygen atoms in total. The Hall–Kier alpha value is -2.05. The molecular formula is C21H25ClN2O3S. The third-order valence-corrected chi connectivity index (χ3v) is 6.76. The molecule has 2 aromatic rings. The zero-order valence-corrected chi connectivity index (χ0v) is 17.5. The summed E-state index contributed by atoms with van der Waals surface area (Å²) in [4.78, 5) is 14.8. The van der Waals surface area contributed by atoms with Crippen LogP contribution in [0.2, 0.25) is 5.02 Å². The average Bonchev–Trinajstić information content (AvgIpc) is 2.68. The molecule has 1 N–H and O–H groups in total. The van der Waals surface area contributed by atoms with Crippen LogP contribution in [-0.4, -0.2) is 32.8 Å². The van der Waals surface area contributed by atoms with Gasteiger partial charge in [-0.15, -0.1) is 0 Å². The molecule has 1 aliphatic carbocycles. The third-order valence-electron chi connectivity index (χ3n) is 5.13. The fraction of sp³-hybridized carbons (Fsp3) is 0.381. The molecule has 0 spiro atoms. The van der Waals surface area contributed by atoms with E-state index in [9.17, 15) is 13.2 Å². The molecule has 3 rings (SSSR count). The SMILES string of the molecule is CN(CC1CCCCC1)C(=O)c1ccccc1NS(=O)(=O)c1ccc(Cl)cc1. The number of anilines is 1. The van der Waals surface area contributed by atoms with Crippen LogP contribution in [0.5, 0.6) is 0 Å². The second-order valence-electron chi connectivity index (χ2n) is 7.29. The predicted octanol–water partition coefficient (Wildman–Crippen LogP) is 4.79. The summed E-state index contributed by atoms with van der Waals surface area (Å²) in [5, 5.41) is 0.457. The van der Waals surface area contributed by atoms with Gasteiger partial charge in [0.2, 0.25) is 0 Å². The number of halogens is 1. The molecule has 0 bridgehead atoms. The van der Waals surface area contributed by atoms with Crippen LogP contribution in [0.3, 0.4) is 0 Å². The van der Waals surface area contributed by atoms with Gasteiger partial charge in [0.25, 0.3) is 15.9 Å². The van der Waals surface area contributed by atoms with Gasteiger partial charge >= 0.3 is 0 Å². The number of rotatable bonds is 6. The van der Waals surface area contributed by atoms with Crippen LogP contribution in [0, 0.1) is 5.92 Å². The number of nitrogens with zero attached hydrogens (tertiary/aromatic N) is 1. The van der Waals surface area contributed by atoms with Gasteiger partial charge in [0, 0.05) is 18.6 Å². The van der Waals surface area contributed by atoms with E-state index in [-0.39, 0.29) is 16.5 Å². The largest absolute Gasteiger partial charge is 0.341 e. The van der Waals surface area contributed by atoms with Crippen LogP contribution in [0.15, 0.2) is 53.4 Å². The van der Waals surface area contributed by atoms with Crippen LogP contribution in [0.1, 0.15) is 42.5 Å². The lowest BCUT2D eigenvalue weighted by Gasteiger charge is -2.27. The lowest BCUT2D eigenvalue weighted by molar-refractivity contribution is 0.0761. The summed E-state index contributed by atoms with van der Waals surface area (Å²) in [6, 6.07) is 12.6. The van der Waals surface area contributed by atoms with E-state index in [0.717, 1.165) is 12.8 Å². The van der Waals surface area contributed by atoms with Crippen LogP contribution < -0.4 is 4.72 Å². The highest BCUT2D eigenvalue weighted by Gasteiger charge is 2.23. The molecule has 0 saturated heterocycles. The maximum absolute atomic E-state index is 13.0. The molecule has 28 heavy (non-hydrogen) atoms. The lowest BCUT2D eigenvalue weighted by Crippen LogP contribution is -2.33. The Bertz CT molecular complexity index is 923. The van der Waals surface area contributed by atoms with E-state index in [1.807, 2.05) is 0 Å². The molecule has 0 radical (unpaired) electrons. The van der Waals surface area contributed by atoms with Crippen molar-refractivity contribution in [3.63, 3.8) is 0 Å². The smallest absolute Gasteiger partial charge is 0.261 e. The van der Waals surface area contributed by atoms with Gasteiger partial charge in [0.15, 0.2) is 0 Å². The van der Waals surface area contributed by atoms with Gasteiger partial charge in [-0.3, -0.25) is 9.52 Å². The van der Waals surface area contributed by atoms with Gasteiger partial charge in [0.05, 0.1) is 16.1 Å². The Balaban J connectivity index is 1.78. The molecule has 0 heterocycles. The number of sulfonamides is 1. The predicted molar refractivity (Wildman–Crippen MR) is 112 cm³/mol. The van der Waals surface area contributed by atoms with E-state index < -0.39 is 10.0 Å². The molecular weight excluding hydrogens is 396 g/mol. The molecule has 0 aromatic heterocycles. The minimum atomic E-state index is -3.82. The normalized spacial score (nSPS) is 15.2. The number of carbonyl (C=O) groups excluding carboxylic acids is 1. The number of para-hydroxylation sites is 1. The van der Waals surface area contributed by atoms with Gasteiger partial charge in [-0.05, 0) is 55.2 Å². The topological polar surface area (TPSA) is 66.5 Å². The van der Waals surface area contributed by atoms with Crippen molar-refractivity contribution in [3.05, 3.63) is 59.1 Å². The number of carbonyl (C=O) groups is 1. The van der Waals surface area contributed by atoms with Crippen molar-refractivity contribution < 1.29 is 13.2 Å². The Morgan fingerprint density at radius 2 is 1.71 bits per heavy atom. The van der Waals surface area contributed by atoms with Crippen LogP contribution >= 0.6 is 11.6 Å². The van der Waals surface area contributed by atoms with Crippen molar-refractivity contribution in [2.24, 2.45) is 5.92 Å². The molecule has 0 unspecified atom stereocenters. The minimum absolute atomic E-state index is 0.0923. The Labute approximate surface area is 171 Å². The summed E-state index contributed by atoms with van der Waals surface area (Å²) in [6.45, 7) is 0.692. The van der Waals surface area contributed by atoms with Gasteiger partial charge in [-0.2, -0.15) is 0 Å². The summed E-state index contributed by atoms with van der Waals surface area (Å²) in [6.07, 6.45) is 5.97. The first kappa shape index (κ1) is 20.7. The van der Waals surface area contributed by atoms with Crippen molar-refractivity contribution >= 4 is 33.2 Å². The Kier molecular flexibility index (Phi) is 6.62.